The predicted molar refractivity (Wildman–Crippen MR) is 59.1 cm³/mol. The molecule has 0 aliphatic carbocycles. The van der Waals surface area contributed by atoms with Gasteiger partial charge in [-0.25, -0.2) is 8.42 Å². The molecule has 1 heterocycles. The first-order valence-electron chi connectivity index (χ1n) is 5.38. The first kappa shape index (κ1) is 12.0. The summed E-state index contributed by atoms with van der Waals surface area (Å²) >= 11 is 0. The van der Waals surface area contributed by atoms with Crippen molar-refractivity contribution in [3.8, 4) is 0 Å². The minimum Gasteiger partial charge on any atom is -0.315 e. The zero-order valence-corrected chi connectivity index (χ0v) is 10.1. The van der Waals surface area contributed by atoms with E-state index in [0.29, 0.717) is 11.7 Å². The molecule has 0 aromatic heterocycles. The molecule has 0 aromatic rings. The molecule has 4 heteroatoms. The highest BCUT2D eigenvalue weighted by Crippen LogP contribution is 2.25. The zero-order chi connectivity index (χ0) is 10.8. The van der Waals surface area contributed by atoms with E-state index in [1.165, 1.54) is 0 Å². The lowest BCUT2D eigenvalue weighted by Crippen LogP contribution is -2.48. The third kappa shape index (κ3) is 2.48. The van der Waals surface area contributed by atoms with Crippen LogP contribution in [0.1, 0.15) is 33.1 Å². The van der Waals surface area contributed by atoms with Crippen LogP contribution in [0.2, 0.25) is 0 Å². The normalized spacial score (nSPS) is 29.0. The molecular formula is C10H21NO2S. The lowest BCUT2D eigenvalue weighted by molar-refractivity contribution is 0.377. The molecule has 2 unspecified atom stereocenters. The fourth-order valence-electron chi connectivity index (χ4n) is 2.33. The van der Waals surface area contributed by atoms with Crippen LogP contribution in [0.25, 0.3) is 0 Å². The third-order valence-corrected chi connectivity index (χ3v) is 5.39. The average molecular weight is 219 g/mol. The molecule has 1 N–H and O–H groups in total. The van der Waals surface area contributed by atoms with E-state index in [4.69, 9.17) is 0 Å². The van der Waals surface area contributed by atoms with Gasteiger partial charge in [-0.15, -0.1) is 0 Å². The maximum atomic E-state index is 11.8. The highest BCUT2D eigenvalue weighted by atomic mass is 32.2. The van der Waals surface area contributed by atoms with E-state index < -0.39 is 9.84 Å². The van der Waals surface area contributed by atoms with Gasteiger partial charge in [0.15, 0.2) is 9.84 Å². The summed E-state index contributed by atoms with van der Waals surface area (Å²) in [4.78, 5) is 0. The van der Waals surface area contributed by atoms with Crippen molar-refractivity contribution in [2.45, 2.75) is 44.4 Å². The van der Waals surface area contributed by atoms with Crippen LogP contribution in [0.4, 0.5) is 0 Å². The van der Waals surface area contributed by atoms with Crippen molar-refractivity contribution in [1.82, 2.24) is 5.32 Å². The summed E-state index contributed by atoms with van der Waals surface area (Å²) in [7, 11) is -0.986. The van der Waals surface area contributed by atoms with Gasteiger partial charge in [0.05, 0.1) is 11.0 Å². The largest absolute Gasteiger partial charge is 0.315 e. The average Bonchev–Trinajstić information content (AvgIpc) is 2.08. The molecule has 14 heavy (non-hydrogen) atoms. The van der Waals surface area contributed by atoms with Crippen LogP contribution >= 0.6 is 0 Å². The van der Waals surface area contributed by atoms with Gasteiger partial charge in [0, 0.05) is 6.04 Å². The van der Waals surface area contributed by atoms with Gasteiger partial charge in [-0.1, -0.05) is 20.3 Å². The van der Waals surface area contributed by atoms with E-state index in [9.17, 15) is 8.42 Å². The number of hydrogen-bond acceptors (Lipinski definition) is 3. The molecule has 1 rings (SSSR count). The van der Waals surface area contributed by atoms with Crippen LogP contribution in [0.3, 0.4) is 0 Å². The molecule has 1 fully saturated rings. The van der Waals surface area contributed by atoms with Gasteiger partial charge in [-0.05, 0) is 25.8 Å². The summed E-state index contributed by atoms with van der Waals surface area (Å²) in [5.41, 5.74) is 0. The highest BCUT2D eigenvalue weighted by molar-refractivity contribution is 7.92. The van der Waals surface area contributed by atoms with Crippen molar-refractivity contribution in [3.63, 3.8) is 0 Å². The quantitative estimate of drug-likeness (QED) is 0.776. The zero-order valence-electron chi connectivity index (χ0n) is 9.29. The van der Waals surface area contributed by atoms with Crippen LogP contribution in [0.15, 0.2) is 0 Å². The summed E-state index contributed by atoms with van der Waals surface area (Å²) in [5, 5.41) is 2.98. The van der Waals surface area contributed by atoms with E-state index in [2.05, 4.69) is 19.2 Å². The Kier molecular flexibility index (Phi) is 3.95. The predicted octanol–water partition coefficient (Wildman–Crippen LogP) is 1.20. The Morgan fingerprint density at radius 2 is 1.93 bits per heavy atom. The van der Waals surface area contributed by atoms with Gasteiger partial charge in [0.1, 0.15) is 0 Å². The van der Waals surface area contributed by atoms with Crippen LogP contribution < -0.4 is 5.32 Å². The second-order valence-electron chi connectivity index (χ2n) is 4.46. The molecule has 0 spiro atoms. The first-order chi connectivity index (χ1) is 6.49. The first-order valence-corrected chi connectivity index (χ1v) is 7.09. The van der Waals surface area contributed by atoms with Crippen molar-refractivity contribution in [1.29, 1.82) is 0 Å². The lowest BCUT2D eigenvalue weighted by atomic mass is 9.97. The molecule has 0 aromatic carbocycles. The summed E-state index contributed by atoms with van der Waals surface area (Å²) < 4.78 is 23.7. The number of sulfone groups is 1. The Balaban J connectivity index is 2.82. The molecule has 1 aliphatic heterocycles. The van der Waals surface area contributed by atoms with E-state index in [1.807, 2.05) is 7.05 Å². The van der Waals surface area contributed by atoms with Crippen LogP contribution in [0, 0.1) is 5.92 Å². The Bertz CT molecular complexity index is 272. The maximum Gasteiger partial charge on any atom is 0.154 e. The van der Waals surface area contributed by atoms with Gasteiger partial charge in [-0.3, -0.25) is 0 Å². The molecule has 2 atom stereocenters. The van der Waals surface area contributed by atoms with Gasteiger partial charge in [-0.2, -0.15) is 0 Å². The smallest absolute Gasteiger partial charge is 0.154 e. The van der Waals surface area contributed by atoms with Crippen LogP contribution in [0.5, 0.6) is 0 Å². The Morgan fingerprint density at radius 3 is 2.36 bits per heavy atom. The van der Waals surface area contributed by atoms with Gasteiger partial charge < -0.3 is 5.32 Å². The Labute approximate surface area is 87.2 Å². The molecule has 0 radical (unpaired) electrons. The molecular weight excluding hydrogens is 198 g/mol. The SMILES string of the molecule is CNC(C(C)C)C1CCCCS1(=O)=O. The summed E-state index contributed by atoms with van der Waals surface area (Å²) in [6.07, 6.45) is 2.72. The number of nitrogens with one attached hydrogen (secondary N) is 1. The fraction of sp³-hybridized carbons (Fsp3) is 1.00. The van der Waals surface area contributed by atoms with Crippen LogP contribution in [-0.2, 0) is 9.84 Å². The van der Waals surface area contributed by atoms with Crippen LogP contribution in [-0.4, -0.2) is 32.5 Å². The van der Waals surface area contributed by atoms with Crippen molar-refractivity contribution in [2.75, 3.05) is 12.8 Å². The highest BCUT2D eigenvalue weighted by Gasteiger charge is 2.35. The molecule has 3 nitrogen and oxygen atoms in total. The van der Waals surface area contributed by atoms with Gasteiger partial charge in [0.2, 0.25) is 0 Å². The topological polar surface area (TPSA) is 46.2 Å². The molecule has 84 valence electrons. The standard InChI is InChI=1S/C10H21NO2S/c1-8(2)10(11-3)9-6-4-5-7-14(9,12)13/h8-11H,4-7H2,1-3H3. The minimum atomic E-state index is -2.84. The van der Waals surface area contributed by atoms with Crippen molar-refractivity contribution in [3.05, 3.63) is 0 Å². The third-order valence-electron chi connectivity index (χ3n) is 3.08. The number of rotatable bonds is 3. The molecule has 1 saturated heterocycles. The molecule has 1 aliphatic rings. The monoisotopic (exact) mass is 219 g/mol. The Morgan fingerprint density at radius 1 is 1.29 bits per heavy atom. The minimum absolute atomic E-state index is 0.111. The summed E-state index contributed by atoms with van der Waals surface area (Å²) in [6.45, 7) is 4.15. The Hall–Kier alpha value is -0.0900. The second kappa shape index (κ2) is 4.62. The van der Waals surface area contributed by atoms with Gasteiger partial charge in [0.25, 0.3) is 0 Å². The second-order valence-corrected chi connectivity index (χ2v) is 6.80. The molecule has 0 bridgehead atoms. The fourth-order valence-corrected chi connectivity index (χ4v) is 4.66. The van der Waals surface area contributed by atoms with E-state index >= 15 is 0 Å². The van der Waals surface area contributed by atoms with E-state index in [-0.39, 0.29) is 11.3 Å². The van der Waals surface area contributed by atoms with Crippen molar-refractivity contribution < 1.29 is 8.42 Å². The lowest BCUT2D eigenvalue weighted by Gasteiger charge is -2.32. The molecule has 0 amide bonds. The van der Waals surface area contributed by atoms with Gasteiger partial charge >= 0.3 is 0 Å². The van der Waals surface area contributed by atoms with E-state index in [1.54, 1.807) is 0 Å². The summed E-state index contributed by atoms with van der Waals surface area (Å²) in [6, 6.07) is 0.111. The number of hydrogen-bond donors (Lipinski definition) is 1. The van der Waals surface area contributed by atoms with Crippen molar-refractivity contribution in [2.24, 2.45) is 5.92 Å². The molecule has 0 saturated carbocycles. The van der Waals surface area contributed by atoms with Crippen molar-refractivity contribution >= 4 is 9.84 Å². The van der Waals surface area contributed by atoms with E-state index in [0.717, 1.165) is 19.3 Å². The maximum absolute atomic E-state index is 11.8. The summed E-state index contributed by atoms with van der Waals surface area (Å²) in [5.74, 6) is 0.751.